The van der Waals surface area contributed by atoms with Crippen LogP contribution in [0.25, 0.3) is 10.9 Å². The first-order valence-corrected chi connectivity index (χ1v) is 7.91. The number of nitrogens with one attached hydrogen (secondary N) is 1. The number of carbonyl (C=O) groups excluding carboxylic acids is 1. The zero-order valence-electron chi connectivity index (χ0n) is 11.8. The van der Waals surface area contributed by atoms with Crippen molar-refractivity contribution in [3.05, 3.63) is 68.6 Å². The number of anilines is 1. The van der Waals surface area contributed by atoms with Gasteiger partial charge in [0.05, 0.1) is 27.9 Å². The smallest absolute Gasteiger partial charge is 0.261 e. The lowest BCUT2D eigenvalue weighted by Gasteiger charge is -2.09. The molecule has 0 bridgehead atoms. The molecular formula is C16H11BrClN3O2. The van der Waals surface area contributed by atoms with E-state index in [2.05, 4.69) is 26.2 Å². The second-order valence-electron chi connectivity index (χ2n) is 4.87. The van der Waals surface area contributed by atoms with Crippen molar-refractivity contribution in [2.24, 2.45) is 0 Å². The summed E-state index contributed by atoms with van der Waals surface area (Å²) in [6.07, 6.45) is 1.37. The molecule has 3 aromatic rings. The number of benzene rings is 2. The minimum absolute atomic E-state index is 0.139. The fourth-order valence-corrected chi connectivity index (χ4v) is 2.69. The maximum Gasteiger partial charge on any atom is 0.261 e. The van der Waals surface area contributed by atoms with Gasteiger partial charge in [-0.15, -0.1) is 0 Å². The number of aromatic nitrogens is 2. The molecule has 0 radical (unpaired) electrons. The van der Waals surface area contributed by atoms with Crippen molar-refractivity contribution in [1.29, 1.82) is 0 Å². The first-order valence-electron chi connectivity index (χ1n) is 6.73. The van der Waals surface area contributed by atoms with E-state index in [1.54, 1.807) is 36.4 Å². The van der Waals surface area contributed by atoms with E-state index in [4.69, 9.17) is 11.6 Å². The van der Waals surface area contributed by atoms with E-state index in [9.17, 15) is 9.59 Å². The number of nitrogens with zero attached hydrogens (tertiary/aromatic N) is 2. The molecule has 1 amide bonds. The summed E-state index contributed by atoms with van der Waals surface area (Å²) in [7, 11) is 0. The second-order valence-corrected chi connectivity index (χ2v) is 6.19. The fourth-order valence-electron chi connectivity index (χ4n) is 2.15. The van der Waals surface area contributed by atoms with Crippen molar-refractivity contribution < 1.29 is 4.79 Å². The fraction of sp³-hybridized carbons (Fsp3) is 0.0625. The maximum absolute atomic E-state index is 12.4. The van der Waals surface area contributed by atoms with Crippen LogP contribution in [0.1, 0.15) is 0 Å². The molecule has 2 aromatic carbocycles. The van der Waals surface area contributed by atoms with E-state index in [1.807, 2.05) is 6.07 Å². The molecule has 3 rings (SSSR count). The maximum atomic E-state index is 12.4. The van der Waals surface area contributed by atoms with E-state index in [0.29, 0.717) is 21.6 Å². The summed E-state index contributed by atoms with van der Waals surface area (Å²) in [5, 5.41) is 3.57. The Morgan fingerprint density at radius 1 is 1.26 bits per heavy atom. The molecule has 0 atom stereocenters. The predicted molar refractivity (Wildman–Crippen MR) is 93.8 cm³/mol. The van der Waals surface area contributed by atoms with Gasteiger partial charge in [-0.05, 0) is 30.3 Å². The van der Waals surface area contributed by atoms with Gasteiger partial charge in [0.15, 0.2) is 0 Å². The molecule has 0 aliphatic rings. The molecule has 7 heteroatoms. The third-order valence-corrected chi connectivity index (χ3v) is 4.07. The monoisotopic (exact) mass is 391 g/mol. The number of rotatable bonds is 3. The van der Waals surface area contributed by atoms with Crippen molar-refractivity contribution >= 4 is 50.0 Å². The highest BCUT2D eigenvalue weighted by Gasteiger charge is 2.10. The van der Waals surface area contributed by atoms with Crippen LogP contribution in [0.4, 0.5) is 5.69 Å². The van der Waals surface area contributed by atoms with Crippen LogP contribution in [0, 0.1) is 0 Å². The SMILES string of the molecule is O=C(Cn1cnc2ccc(Br)cc2c1=O)Nc1ccccc1Cl. The molecule has 0 saturated heterocycles. The molecule has 1 heterocycles. The van der Waals surface area contributed by atoms with Crippen LogP contribution in [0.15, 0.2) is 58.1 Å². The van der Waals surface area contributed by atoms with Gasteiger partial charge in [0.2, 0.25) is 5.91 Å². The Morgan fingerprint density at radius 3 is 2.83 bits per heavy atom. The van der Waals surface area contributed by atoms with Crippen molar-refractivity contribution in [3.63, 3.8) is 0 Å². The zero-order chi connectivity index (χ0) is 16.4. The van der Waals surface area contributed by atoms with Crippen molar-refractivity contribution in [1.82, 2.24) is 9.55 Å². The third kappa shape index (κ3) is 3.43. The number of hydrogen-bond donors (Lipinski definition) is 1. The zero-order valence-corrected chi connectivity index (χ0v) is 14.1. The number of amides is 1. The average Bonchev–Trinajstić information content (AvgIpc) is 2.53. The summed E-state index contributed by atoms with van der Waals surface area (Å²) in [5.74, 6) is -0.351. The Morgan fingerprint density at radius 2 is 2.04 bits per heavy atom. The number of hydrogen-bond acceptors (Lipinski definition) is 3. The molecule has 0 unspecified atom stereocenters. The van der Waals surface area contributed by atoms with Gasteiger partial charge < -0.3 is 5.32 Å². The molecule has 0 aliphatic carbocycles. The van der Waals surface area contributed by atoms with Crippen molar-refractivity contribution in [3.8, 4) is 0 Å². The molecule has 0 saturated carbocycles. The highest BCUT2D eigenvalue weighted by molar-refractivity contribution is 9.10. The molecule has 5 nitrogen and oxygen atoms in total. The molecule has 0 spiro atoms. The van der Waals surface area contributed by atoms with Gasteiger partial charge in [0.1, 0.15) is 6.54 Å². The molecule has 0 fully saturated rings. The first kappa shape index (κ1) is 15.7. The van der Waals surface area contributed by atoms with Crippen LogP contribution in [-0.4, -0.2) is 15.5 Å². The Bertz CT molecular complexity index is 955. The van der Waals surface area contributed by atoms with Crippen LogP contribution >= 0.6 is 27.5 Å². The van der Waals surface area contributed by atoms with E-state index >= 15 is 0 Å². The van der Waals surface area contributed by atoms with Crippen LogP contribution in [0.2, 0.25) is 5.02 Å². The number of carbonyl (C=O) groups is 1. The molecule has 0 aliphatic heterocycles. The summed E-state index contributed by atoms with van der Waals surface area (Å²) < 4.78 is 2.04. The minimum atomic E-state index is -0.351. The summed E-state index contributed by atoms with van der Waals surface area (Å²) in [6, 6.07) is 12.2. The predicted octanol–water partition coefficient (Wildman–Crippen LogP) is 3.45. The van der Waals surface area contributed by atoms with Gasteiger partial charge in [-0.3, -0.25) is 14.2 Å². The quantitative estimate of drug-likeness (QED) is 0.742. The number of fused-ring (bicyclic) bond motifs is 1. The lowest BCUT2D eigenvalue weighted by molar-refractivity contribution is -0.116. The van der Waals surface area contributed by atoms with Crippen LogP contribution < -0.4 is 10.9 Å². The lowest BCUT2D eigenvalue weighted by Crippen LogP contribution is -2.28. The summed E-state index contributed by atoms with van der Waals surface area (Å²) in [4.78, 5) is 28.8. The summed E-state index contributed by atoms with van der Waals surface area (Å²) >= 11 is 9.32. The topological polar surface area (TPSA) is 64.0 Å². The van der Waals surface area contributed by atoms with Gasteiger partial charge in [-0.1, -0.05) is 39.7 Å². The molecule has 23 heavy (non-hydrogen) atoms. The van der Waals surface area contributed by atoms with E-state index < -0.39 is 0 Å². The number of halogens is 2. The van der Waals surface area contributed by atoms with Crippen LogP contribution in [0.5, 0.6) is 0 Å². The minimum Gasteiger partial charge on any atom is -0.323 e. The molecule has 1 N–H and O–H groups in total. The van der Waals surface area contributed by atoms with Gasteiger partial charge in [0, 0.05) is 4.47 Å². The third-order valence-electron chi connectivity index (χ3n) is 3.25. The normalized spacial score (nSPS) is 10.7. The Balaban J connectivity index is 1.87. The van der Waals surface area contributed by atoms with Gasteiger partial charge in [-0.2, -0.15) is 0 Å². The van der Waals surface area contributed by atoms with Crippen molar-refractivity contribution in [2.45, 2.75) is 6.54 Å². The average molecular weight is 393 g/mol. The Labute approximate surface area is 145 Å². The summed E-state index contributed by atoms with van der Waals surface area (Å²) in [6.45, 7) is -0.139. The van der Waals surface area contributed by atoms with Crippen LogP contribution in [-0.2, 0) is 11.3 Å². The molecule has 116 valence electrons. The van der Waals surface area contributed by atoms with Crippen molar-refractivity contribution in [2.75, 3.05) is 5.32 Å². The second kappa shape index (κ2) is 6.52. The Hall–Kier alpha value is -2.18. The van der Waals surface area contributed by atoms with E-state index in [-0.39, 0.29) is 18.0 Å². The highest BCUT2D eigenvalue weighted by Crippen LogP contribution is 2.20. The Kier molecular flexibility index (Phi) is 4.45. The van der Waals surface area contributed by atoms with Crippen LogP contribution in [0.3, 0.4) is 0 Å². The van der Waals surface area contributed by atoms with Gasteiger partial charge in [0.25, 0.3) is 5.56 Å². The van der Waals surface area contributed by atoms with E-state index in [0.717, 1.165) is 4.47 Å². The molecular weight excluding hydrogens is 382 g/mol. The standard InChI is InChI=1S/C16H11BrClN3O2/c17-10-5-6-13-11(7-10)16(23)21(9-19-13)8-15(22)20-14-4-2-1-3-12(14)18/h1-7,9H,8H2,(H,20,22). The summed E-state index contributed by atoms with van der Waals surface area (Å²) in [5.41, 5.74) is 0.815. The number of para-hydroxylation sites is 1. The first-order chi connectivity index (χ1) is 11.0. The molecule has 1 aromatic heterocycles. The highest BCUT2D eigenvalue weighted by atomic mass is 79.9. The van der Waals surface area contributed by atoms with Gasteiger partial charge in [-0.25, -0.2) is 4.98 Å². The largest absolute Gasteiger partial charge is 0.323 e. The van der Waals surface area contributed by atoms with E-state index in [1.165, 1.54) is 10.9 Å². The lowest BCUT2D eigenvalue weighted by atomic mass is 10.2. The van der Waals surface area contributed by atoms with Gasteiger partial charge >= 0.3 is 0 Å².